The van der Waals surface area contributed by atoms with Crippen LogP contribution >= 0.6 is 0 Å². The smallest absolute Gasteiger partial charge is 0.296 e. The lowest BCUT2D eigenvalue weighted by molar-refractivity contribution is -0.112. The Kier molecular flexibility index (Phi) is 3.88. The number of hydrogen-bond acceptors (Lipinski definition) is 3. The van der Waals surface area contributed by atoms with Crippen LogP contribution in [0.4, 0.5) is 10.1 Å². The molecule has 0 radical (unpaired) electrons. The first-order chi connectivity index (χ1) is 9.81. The van der Waals surface area contributed by atoms with Gasteiger partial charge in [0.25, 0.3) is 11.7 Å². The molecule has 5 nitrogen and oxygen atoms in total. The number of aromatic nitrogens is 2. The first kappa shape index (κ1) is 14.9. The van der Waals surface area contributed by atoms with Crippen molar-refractivity contribution in [1.82, 2.24) is 9.78 Å². The highest BCUT2D eigenvalue weighted by Crippen LogP contribution is 2.17. The molecule has 2 rings (SSSR count). The predicted octanol–water partition coefficient (Wildman–Crippen LogP) is 2.31. The van der Waals surface area contributed by atoms with Gasteiger partial charge in [-0.15, -0.1) is 0 Å². The Morgan fingerprint density at radius 3 is 2.48 bits per heavy atom. The van der Waals surface area contributed by atoms with Crippen LogP contribution in [0.5, 0.6) is 0 Å². The summed E-state index contributed by atoms with van der Waals surface area (Å²) in [7, 11) is 1.69. The Hall–Kier alpha value is -2.50. The van der Waals surface area contributed by atoms with Crippen LogP contribution in [0.15, 0.2) is 18.2 Å². The van der Waals surface area contributed by atoms with E-state index in [0.717, 1.165) is 5.56 Å². The number of rotatable bonds is 3. The van der Waals surface area contributed by atoms with Crippen LogP contribution in [0.1, 0.15) is 27.3 Å². The van der Waals surface area contributed by atoms with Crippen LogP contribution in [0.2, 0.25) is 0 Å². The van der Waals surface area contributed by atoms with Crippen molar-refractivity contribution in [1.29, 1.82) is 0 Å². The van der Waals surface area contributed by atoms with Crippen LogP contribution < -0.4 is 5.32 Å². The molecule has 1 heterocycles. The maximum atomic E-state index is 13.6. The number of benzene rings is 1. The van der Waals surface area contributed by atoms with E-state index in [1.165, 1.54) is 16.8 Å². The molecule has 0 saturated heterocycles. The first-order valence-corrected chi connectivity index (χ1v) is 6.43. The second kappa shape index (κ2) is 5.47. The van der Waals surface area contributed by atoms with Crippen molar-refractivity contribution in [3.8, 4) is 0 Å². The van der Waals surface area contributed by atoms with E-state index < -0.39 is 17.5 Å². The summed E-state index contributed by atoms with van der Waals surface area (Å²) in [4.78, 5) is 24.2. The zero-order valence-corrected chi connectivity index (χ0v) is 12.3. The van der Waals surface area contributed by atoms with Gasteiger partial charge in [-0.25, -0.2) is 4.39 Å². The molecule has 0 saturated carbocycles. The number of amides is 1. The van der Waals surface area contributed by atoms with Crippen LogP contribution in [0.3, 0.4) is 0 Å². The van der Waals surface area contributed by atoms with Gasteiger partial charge < -0.3 is 5.32 Å². The highest BCUT2D eigenvalue weighted by molar-refractivity contribution is 6.47. The minimum atomic E-state index is -0.876. The lowest BCUT2D eigenvalue weighted by Gasteiger charge is -2.07. The van der Waals surface area contributed by atoms with E-state index in [1.807, 2.05) is 0 Å². The number of halogens is 1. The zero-order chi connectivity index (χ0) is 15.7. The number of Topliss-reactive ketones (excluding diaryl/α,β-unsaturated/α-hetero) is 1. The Morgan fingerprint density at radius 2 is 1.90 bits per heavy atom. The molecule has 1 aromatic heterocycles. The molecule has 0 atom stereocenters. The van der Waals surface area contributed by atoms with Crippen molar-refractivity contribution in [2.24, 2.45) is 7.05 Å². The van der Waals surface area contributed by atoms with Gasteiger partial charge in [0.15, 0.2) is 0 Å². The van der Waals surface area contributed by atoms with Gasteiger partial charge in [-0.3, -0.25) is 14.3 Å². The number of aryl methyl sites for hydroxylation is 3. The third-order valence-corrected chi connectivity index (χ3v) is 3.31. The molecule has 21 heavy (non-hydrogen) atoms. The normalized spacial score (nSPS) is 10.5. The van der Waals surface area contributed by atoms with E-state index in [0.29, 0.717) is 11.4 Å². The van der Waals surface area contributed by atoms with Crippen molar-refractivity contribution in [3.63, 3.8) is 0 Å². The van der Waals surface area contributed by atoms with E-state index in [9.17, 15) is 14.0 Å². The number of nitrogens with one attached hydrogen (secondary N) is 1. The molecular weight excluding hydrogens is 273 g/mol. The Labute approximate surface area is 121 Å². The van der Waals surface area contributed by atoms with Crippen LogP contribution in [0, 0.1) is 26.6 Å². The average Bonchev–Trinajstić information content (AvgIpc) is 2.67. The van der Waals surface area contributed by atoms with Crippen molar-refractivity contribution in [2.75, 3.05) is 5.32 Å². The Morgan fingerprint density at radius 1 is 1.24 bits per heavy atom. The monoisotopic (exact) mass is 289 g/mol. The van der Waals surface area contributed by atoms with Crippen molar-refractivity contribution in [2.45, 2.75) is 20.8 Å². The highest BCUT2D eigenvalue weighted by atomic mass is 19.1. The van der Waals surface area contributed by atoms with Gasteiger partial charge in [0, 0.05) is 12.7 Å². The molecule has 0 unspecified atom stereocenters. The third kappa shape index (κ3) is 2.84. The van der Waals surface area contributed by atoms with Crippen LogP contribution in [-0.4, -0.2) is 21.5 Å². The van der Waals surface area contributed by atoms with Crippen molar-refractivity contribution in [3.05, 3.63) is 46.5 Å². The average molecular weight is 289 g/mol. The lowest BCUT2D eigenvalue weighted by atomic mass is 10.1. The first-order valence-electron chi connectivity index (χ1n) is 6.43. The van der Waals surface area contributed by atoms with Gasteiger partial charge in [-0.05, 0) is 38.5 Å². The van der Waals surface area contributed by atoms with Gasteiger partial charge >= 0.3 is 0 Å². The molecule has 0 spiro atoms. The minimum Gasteiger partial charge on any atom is -0.317 e. The van der Waals surface area contributed by atoms with Crippen molar-refractivity contribution < 1.29 is 14.0 Å². The minimum absolute atomic E-state index is 0.00690. The van der Waals surface area contributed by atoms with Gasteiger partial charge in [-0.1, -0.05) is 6.07 Å². The maximum absolute atomic E-state index is 13.6. The lowest BCUT2D eigenvalue weighted by Crippen LogP contribution is -2.24. The van der Waals surface area contributed by atoms with Gasteiger partial charge in [0.2, 0.25) is 0 Å². The van der Waals surface area contributed by atoms with E-state index in [2.05, 4.69) is 10.4 Å². The van der Waals surface area contributed by atoms with Gasteiger partial charge in [0.1, 0.15) is 5.82 Å². The fraction of sp³-hybridized carbons (Fsp3) is 0.267. The van der Waals surface area contributed by atoms with E-state index in [-0.39, 0.29) is 11.3 Å². The molecule has 6 heteroatoms. The van der Waals surface area contributed by atoms with Gasteiger partial charge in [0.05, 0.1) is 16.9 Å². The summed E-state index contributed by atoms with van der Waals surface area (Å²) in [6.45, 7) is 5.13. The SMILES string of the molecule is Cc1ccc(F)c(NC(=O)C(=O)c2c(C)nn(C)c2C)c1. The summed E-state index contributed by atoms with van der Waals surface area (Å²) < 4.78 is 15.1. The van der Waals surface area contributed by atoms with Crippen LogP contribution in [0.25, 0.3) is 0 Å². The number of carbonyl (C=O) groups excluding carboxylic acids is 2. The largest absolute Gasteiger partial charge is 0.317 e. The molecule has 2 aromatic rings. The molecular formula is C15H16FN3O2. The number of anilines is 1. The molecule has 1 aromatic carbocycles. The predicted molar refractivity (Wildman–Crippen MR) is 76.8 cm³/mol. The zero-order valence-electron chi connectivity index (χ0n) is 12.3. The number of hydrogen-bond donors (Lipinski definition) is 1. The summed E-state index contributed by atoms with van der Waals surface area (Å²) in [5.74, 6) is -2.18. The second-order valence-corrected chi connectivity index (χ2v) is 4.94. The summed E-state index contributed by atoms with van der Waals surface area (Å²) in [5, 5.41) is 6.41. The van der Waals surface area contributed by atoms with E-state index in [4.69, 9.17) is 0 Å². The molecule has 1 N–H and O–H groups in total. The Bertz CT molecular complexity index is 735. The number of ketones is 1. The van der Waals surface area contributed by atoms with E-state index >= 15 is 0 Å². The number of carbonyl (C=O) groups is 2. The molecule has 0 fully saturated rings. The Balaban J connectivity index is 2.28. The van der Waals surface area contributed by atoms with Crippen molar-refractivity contribution >= 4 is 17.4 Å². The van der Waals surface area contributed by atoms with Crippen LogP contribution in [-0.2, 0) is 11.8 Å². The summed E-state index contributed by atoms with van der Waals surface area (Å²) >= 11 is 0. The van der Waals surface area contributed by atoms with Gasteiger partial charge in [-0.2, -0.15) is 5.10 Å². The molecule has 0 bridgehead atoms. The molecule has 0 aliphatic rings. The summed E-state index contributed by atoms with van der Waals surface area (Å²) in [6, 6.07) is 4.31. The third-order valence-electron chi connectivity index (χ3n) is 3.31. The topological polar surface area (TPSA) is 64.0 Å². The summed E-state index contributed by atoms with van der Waals surface area (Å²) in [5.41, 5.74) is 2.10. The molecule has 0 aliphatic carbocycles. The quantitative estimate of drug-likeness (QED) is 0.696. The standard InChI is InChI=1S/C15H16FN3O2/c1-8-5-6-11(16)12(7-8)17-15(21)14(20)13-9(2)18-19(4)10(13)3/h5-7H,1-4H3,(H,17,21). The maximum Gasteiger partial charge on any atom is 0.296 e. The van der Waals surface area contributed by atoms with E-state index in [1.54, 1.807) is 33.9 Å². The molecule has 0 aliphatic heterocycles. The number of nitrogens with zero attached hydrogens (tertiary/aromatic N) is 2. The molecule has 110 valence electrons. The summed E-state index contributed by atoms with van der Waals surface area (Å²) in [6.07, 6.45) is 0. The molecule has 1 amide bonds. The fourth-order valence-electron chi connectivity index (χ4n) is 2.13. The second-order valence-electron chi connectivity index (χ2n) is 4.94. The fourth-order valence-corrected chi connectivity index (χ4v) is 2.13. The highest BCUT2D eigenvalue weighted by Gasteiger charge is 2.24.